The van der Waals surface area contributed by atoms with E-state index in [9.17, 15) is 0 Å². The molecular weight excluding hydrogens is 210 g/mol. The molecule has 1 saturated carbocycles. The second-order valence-electron chi connectivity index (χ2n) is 5.44. The molecule has 0 spiro atoms. The second-order valence-corrected chi connectivity index (χ2v) is 5.44. The van der Waals surface area contributed by atoms with Crippen LogP contribution in [0.15, 0.2) is 0 Å². The van der Waals surface area contributed by atoms with Crippen molar-refractivity contribution in [1.29, 1.82) is 0 Å². The Kier molecular flexibility index (Phi) is 3.19. The Balaban J connectivity index is 1.72. The van der Waals surface area contributed by atoms with E-state index < -0.39 is 0 Å². The van der Waals surface area contributed by atoms with E-state index in [0.29, 0.717) is 0 Å². The van der Waals surface area contributed by atoms with E-state index in [1.54, 1.807) is 0 Å². The number of rotatable bonds is 5. The van der Waals surface area contributed by atoms with Crippen LogP contribution in [-0.4, -0.2) is 16.1 Å². The molecule has 2 aliphatic rings. The van der Waals surface area contributed by atoms with Crippen LogP contribution < -0.4 is 5.32 Å². The number of nitrogens with one attached hydrogen (secondary N) is 1. The summed E-state index contributed by atoms with van der Waals surface area (Å²) < 4.78 is 2.51. The van der Waals surface area contributed by atoms with Gasteiger partial charge in [-0.2, -0.15) is 0 Å². The van der Waals surface area contributed by atoms with Crippen LogP contribution in [0, 0.1) is 5.92 Å². The lowest BCUT2D eigenvalue weighted by Gasteiger charge is -2.16. The van der Waals surface area contributed by atoms with Gasteiger partial charge in [0.25, 0.3) is 0 Å². The highest BCUT2D eigenvalue weighted by atomic mass is 15.1. The molecule has 0 saturated heterocycles. The predicted molar refractivity (Wildman–Crippen MR) is 69.0 cm³/mol. The molecule has 1 N–H and O–H groups in total. The van der Waals surface area contributed by atoms with Gasteiger partial charge in [-0.15, -0.1) is 0 Å². The van der Waals surface area contributed by atoms with Gasteiger partial charge in [0.15, 0.2) is 0 Å². The molecule has 0 atom stereocenters. The summed E-state index contributed by atoms with van der Waals surface area (Å²) >= 11 is 0. The van der Waals surface area contributed by atoms with Gasteiger partial charge in [-0.25, -0.2) is 4.98 Å². The fourth-order valence-corrected chi connectivity index (χ4v) is 2.91. The first kappa shape index (κ1) is 11.3. The van der Waals surface area contributed by atoms with Gasteiger partial charge in [0, 0.05) is 38.2 Å². The molecule has 1 aromatic heterocycles. The van der Waals surface area contributed by atoms with Crippen molar-refractivity contribution in [2.75, 3.05) is 6.54 Å². The highest BCUT2D eigenvalue weighted by Crippen LogP contribution is 2.33. The van der Waals surface area contributed by atoms with Crippen molar-refractivity contribution in [3.63, 3.8) is 0 Å². The van der Waals surface area contributed by atoms with Gasteiger partial charge < -0.3 is 9.88 Å². The lowest BCUT2D eigenvalue weighted by molar-refractivity contribution is 0.532. The number of aromatic nitrogens is 2. The summed E-state index contributed by atoms with van der Waals surface area (Å²) in [6, 6.07) is 0. The maximum atomic E-state index is 4.78. The minimum absolute atomic E-state index is 0.970. The molecule has 1 aromatic rings. The van der Waals surface area contributed by atoms with Crippen LogP contribution in [-0.2, 0) is 25.9 Å². The first-order chi connectivity index (χ1) is 8.38. The van der Waals surface area contributed by atoms with E-state index in [-0.39, 0.29) is 0 Å². The number of aryl methyl sites for hydroxylation is 1. The van der Waals surface area contributed by atoms with Crippen molar-refractivity contribution in [2.45, 2.75) is 58.5 Å². The van der Waals surface area contributed by atoms with Gasteiger partial charge in [-0.05, 0) is 18.8 Å². The summed E-state index contributed by atoms with van der Waals surface area (Å²) in [4.78, 5) is 4.78. The smallest absolute Gasteiger partial charge is 0.108 e. The quantitative estimate of drug-likeness (QED) is 0.845. The molecule has 2 heterocycles. The second kappa shape index (κ2) is 4.81. The summed E-state index contributed by atoms with van der Waals surface area (Å²) in [5, 5.41) is 3.41. The van der Waals surface area contributed by atoms with Crippen LogP contribution in [0.5, 0.6) is 0 Å². The van der Waals surface area contributed by atoms with E-state index in [2.05, 4.69) is 16.8 Å². The SMILES string of the molecule is CCc1nc2c(n1CCCC1CC1)CCNC2. The summed E-state index contributed by atoms with van der Waals surface area (Å²) in [5.41, 5.74) is 2.82. The van der Waals surface area contributed by atoms with Crippen LogP contribution in [0.25, 0.3) is 0 Å². The minimum atomic E-state index is 0.970. The number of fused-ring (bicyclic) bond motifs is 1. The molecule has 0 bridgehead atoms. The standard InChI is InChI=1S/C14H23N3/c1-2-14-16-12-10-15-8-7-13(12)17(14)9-3-4-11-5-6-11/h11,15H,2-10H2,1H3. The lowest BCUT2D eigenvalue weighted by atomic mass is 10.1. The fraction of sp³-hybridized carbons (Fsp3) is 0.786. The van der Waals surface area contributed by atoms with Crippen molar-refractivity contribution in [2.24, 2.45) is 5.92 Å². The van der Waals surface area contributed by atoms with Gasteiger partial charge in [-0.3, -0.25) is 0 Å². The number of hydrogen-bond acceptors (Lipinski definition) is 2. The summed E-state index contributed by atoms with van der Waals surface area (Å²) in [7, 11) is 0. The zero-order chi connectivity index (χ0) is 11.7. The van der Waals surface area contributed by atoms with E-state index in [1.165, 1.54) is 49.4 Å². The van der Waals surface area contributed by atoms with Crippen molar-refractivity contribution in [3.05, 3.63) is 17.2 Å². The maximum Gasteiger partial charge on any atom is 0.108 e. The first-order valence-electron chi connectivity index (χ1n) is 7.16. The predicted octanol–water partition coefficient (Wildman–Crippen LogP) is 2.28. The van der Waals surface area contributed by atoms with Gasteiger partial charge in [0.05, 0.1) is 5.69 Å². The Morgan fingerprint density at radius 2 is 2.29 bits per heavy atom. The monoisotopic (exact) mass is 233 g/mol. The van der Waals surface area contributed by atoms with Crippen LogP contribution in [0.3, 0.4) is 0 Å². The molecule has 94 valence electrons. The average Bonchev–Trinajstić information content (AvgIpc) is 3.11. The molecule has 0 amide bonds. The van der Waals surface area contributed by atoms with Crippen LogP contribution >= 0.6 is 0 Å². The Bertz CT molecular complexity index is 390. The summed E-state index contributed by atoms with van der Waals surface area (Å²) in [6.45, 7) is 5.50. The first-order valence-corrected chi connectivity index (χ1v) is 7.16. The Labute approximate surface area is 104 Å². The topological polar surface area (TPSA) is 29.9 Å². The van der Waals surface area contributed by atoms with Crippen molar-refractivity contribution < 1.29 is 0 Å². The molecule has 0 unspecified atom stereocenters. The molecule has 1 fully saturated rings. The van der Waals surface area contributed by atoms with Gasteiger partial charge >= 0.3 is 0 Å². The summed E-state index contributed by atoms with van der Waals surface area (Å²) in [6.07, 6.45) is 7.95. The zero-order valence-corrected chi connectivity index (χ0v) is 10.8. The highest BCUT2D eigenvalue weighted by molar-refractivity contribution is 5.20. The third-order valence-corrected chi connectivity index (χ3v) is 4.07. The number of nitrogens with zero attached hydrogens (tertiary/aromatic N) is 2. The van der Waals surface area contributed by atoms with Gasteiger partial charge in [-0.1, -0.05) is 19.8 Å². The van der Waals surface area contributed by atoms with E-state index in [4.69, 9.17) is 4.98 Å². The Hall–Kier alpha value is -0.830. The molecule has 0 radical (unpaired) electrons. The van der Waals surface area contributed by atoms with Crippen molar-refractivity contribution in [3.8, 4) is 0 Å². The van der Waals surface area contributed by atoms with E-state index in [0.717, 1.165) is 31.8 Å². The zero-order valence-electron chi connectivity index (χ0n) is 10.8. The van der Waals surface area contributed by atoms with E-state index >= 15 is 0 Å². The van der Waals surface area contributed by atoms with Crippen molar-refractivity contribution >= 4 is 0 Å². The fourth-order valence-electron chi connectivity index (χ4n) is 2.91. The van der Waals surface area contributed by atoms with Gasteiger partial charge in [0.1, 0.15) is 5.82 Å². The largest absolute Gasteiger partial charge is 0.332 e. The molecule has 0 aromatic carbocycles. The normalized spacial score (nSPS) is 19.4. The molecule has 3 nitrogen and oxygen atoms in total. The molecule has 3 heteroatoms. The van der Waals surface area contributed by atoms with Crippen LogP contribution in [0.1, 0.15) is 49.8 Å². The molecule has 1 aliphatic carbocycles. The third kappa shape index (κ3) is 2.39. The molecule has 1 aliphatic heterocycles. The minimum Gasteiger partial charge on any atom is -0.332 e. The van der Waals surface area contributed by atoms with Crippen LogP contribution in [0.4, 0.5) is 0 Å². The molecule has 3 rings (SSSR count). The third-order valence-electron chi connectivity index (χ3n) is 4.07. The number of imidazole rings is 1. The molecule has 17 heavy (non-hydrogen) atoms. The highest BCUT2D eigenvalue weighted by Gasteiger charge is 2.22. The van der Waals surface area contributed by atoms with Crippen molar-refractivity contribution in [1.82, 2.24) is 14.9 Å². The Morgan fingerprint density at radius 3 is 3.06 bits per heavy atom. The Morgan fingerprint density at radius 1 is 1.41 bits per heavy atom. The van der Waals surface area contributed by atoms with E-state index in [1.807, 2.05) is 0 Å². The average molecular weight is 233 g/mol. The van der Waals surface area contributed by atoms with Crippen LogP contribution in [0.2, 0.25) is 0 Å². The lowest BCUT2D eigenvalue weighted by Crippen LogP contribution is -2.25. The van der Waals surface area contributed by atoms with Gasteiger partial charge in [0.2, 0.25) is 0 Å². The molecular formula is C14H23N3. The number of hydrogen-bond donors (Lipinski definition) is 1. The summed E-state index contributed by atoms with van der Waals surface area (Å²) in [5.74, 6) is 2.36. The maximum absolute atomic E-state index is 4.78.